The molecule has 3 rings (SSSR count). The predicted octanol–water partition coefficient (Wildman–Crippen LogP) is 2.69. The van der Waals surface area contributed by atoms with Crippen LogP contribution < -0.4 is 10.6 Å². The molecule has 2 heterocycles. The quantitative estimate of drug-likeness (QED) is 0.906. The van der Waals surface area contributed by atoms with Crippen molar-refractivity contribution < 1.29 is 0 Å². The smallest absolute Gasteiger partial charge is 0.106 e. The Bertz CT molecular complexity index is 532. The molecule has 1 aliphatic rings. The van der Waals surface area contributed by atoms with Crippen molar-refractivity contribution >= 4 is 17.3 Å². The van der Waals surface area contributed by atoms with E-state index in [-0.39, 0.29) is 0 Å². The number of aromatic nitrogens is 2. The van der Waals surface area contributed by atoms with Gasteiger partial charge in [-0.3, -0.25) is 0 Å². The zero-order valence-corrected chi connectivity index (χ0v) is 11.4. The maximum absolute atomic E-state index is 6.33. The highest BCUT2D eigenvalue weighted by molar-refractivity contribution is 6.33. The van der Waals surface area contributed by atoms with Crippen LogP contribution >= 0.6 is 11.6 Å². The molecule has 1 aromatic carbocycles. The molecule has 1 saturated heterocycles. The fourth-order valence-corrected chi connectivity index (χ4v) is 2.71. The number of nitrogens with zero attached hydrogens (tertiary/aromatic N) is 2. The van der Waals surface area contributed by atoms with Crippen molar-refractivity contribution in [2.24, 2.45) is 0 Å². The van der Waals surface area contributed by atoms with Crippen LogP contribution in [0.2, 0.25) is 5.02 Å². The summed E-state index contributed by atoms with van der Waals surface area (Å²) in [4.78, 5) is 0. The molecule has 0 saturated carbocycles. The largest absolute Gasteiger partial charge is 0.380 e. The number of halogens is 1. The highest BCUT2D eigenvalue weighted by Crippen LogP contribution is 2.29. The van der Waals surface area contributed by atoms with Gasteiger partial charge in [-0.1, -0.05) is 17.7 Å². The lowest BCUT2D eigenvalue weighted by molar-refractivity contribution is 0.479. The molecule has 19 heavy (non-hydrogen) atoms. The van der Waals surface area contributed by atoms with Crippen LogP contribution in [0.3, 0.4) is 0 Å². The lowest BCUT2D eigenvalue weighted by Gasteiger charge is -2.26. The number of nitrogens with one attached hydrogen (secondary N) is 2. The molecule has 0 spiro atoms. The SMILES string of the molecule is Clc1cccc(NC2CCNCC2)c1-n1cccn1. The van der Waals surface area contributed by atoms with Crippen molar-refractivity contribution in [3.63, 3.8) is 0 Å². The summed E-state index contributed by atoms with van der Waals surface area (Å²) in [6.45, 7) is 2.13. The Balaban J connectivity index is 1.90. The number of hydrogen-bond donors (Lipinski definition) is 2. The second kappa shape index (κ2) is 5.63. The van der Waals surface area contributed by atoms with Crippen LogP contribution in [0.1, 0.15) is 12.8 Å². The van der Waals surface area contributed by atoms with Crippen molar-refractivity contribution in [2.45, 2.75) is 18.9 Å². The fourth-order valence-electron chi connectivity index (χ4n) is 2.45. The van der Waals surface area contributed by atoms with Crippen LogP contribution in [0.25, 0.3) is 5.69 Å². The molecule has 1 aromatic heterocycles. The molecule has 0 bridgehead atoms. The maximum atomic E-state index is 6.33. The van der Waals surface area contributed by atoms with Gasteiger partial charge < -0.3 is 10.6 Å². The second-order valence-electron chi connectivity index (χ2n) is 4.76. The lowest BCUT2D eigenvalue weighted by atomic mass is 10.1. The summed E-state index contributed by atoms with van der Waals surface area (Å²) in [5, 5.41) is 12.0. The van der Waals surface area contributed by atoms with Gasteiger partial charge in [-0.15, -0.1) is 0 Å². The summed E-state index contributed by atoms with van der Waals surface area (Å²) in [5.41, 5.74) is 1.97. The number of para-hydroxylation sites is 1. The van der Waals surface area contributed by atoms with Crippen LogP contribution in [-0.4, -0.2) is 28.9 Å². The van der Waals surface area contributed by atoms with Crippen LogP contribution in [-0.2, 0) is 0 Å². The van der Waals surface area contributed by atoms with E-state index >= 15 is 0 Å². The first-order chi connectivity index (χ1) is 9.34. The van der Waals surface area contributed by atoms with Gasteiger partial charge in [0.1, 0.15) is 5.69 Å². The first kappa shape index (κ1) is 12.5. The van der Waals surface area contributed by atoms with Gasteiger partial charge in [0.2, 0.25) is 0 Å². The van der Waals surface area contributed by atoms with Gasteiger partial charge in [0.25, 0.3) is 0 Å². The van der Waals surface area contributed by atoms with E-state index in [9.17, 15) is 0 Å². The second-order valence-corrected chi connectivity index (χ2v) is 5.16. The highest BCUT2D eigenvalue weighted by atomic mass is 35.5. The van der Waals surface area contributed by atoms with E-state index in [1.807, 2.05) is 29.1 Å². The van der Waals surface area contributed by atoms with E-state index in [1.54, 1.807) is 6.20 Å². The molecule has 5 heteroatoms. The monoisotopic (exact) mass is 276 g/mol. The van der Waals surface area contributed by atoms with Crippen LogP contribution in [0.4, 0.5) is 5.69 Å². The predicted molar refractivity (Wildman–Crippen MR) is 78.1 cm³/mol. The van der Waals surface area contributed by atoms with Crippen molar-refractivity contribution in [2.75, 3.05) is 18.4 Å². The topological polar surface area (TPSA) is 41.9 Å². The summed E-state index contributed by atoms with van der Waals surface area (Å²) in [6, 6.07) is 8.32. The van der Waals surface area contributed by atoms with Gasteiger partial charge in [0.15, 0.2) is 0 Å². The normalized spacial score (nSPS) is 16.5. The fraction of sp³-hybridized carbons (Fsp3) is 0.357. The van der Waals surface area contributed by atoms with Gasteiger partial charge >= 0.3 is 0 Å². The van der Waals surface area contributed by atoms with Gasteiger partial charge in [-0.2, -0.15) is 5.10 Å². The van der Waals surface area contributed by atoms with Gasteiger partial charge in [0.05, 0.1) is 10.7 Å². The van der Waals surface area contributed by atoms with Crippen molar-refractivity contribution in [1.82, 2.24) is 15.1 Å². The number of benzene rings is 1. The molecule has 0 aliphatic carbocycles. The average molecular weight is 277 g/mol. The number of piperidine rings is 1. The molecule has 1 fully saturated rings. The van der Waals surface area contributed by atoms with Crippen molar-refractivity contribution in [3.05, 3.63) is 41.7 Å². The Labute approximate surface area is 117 Å². The highest BCUT2D eigenvalue weighted by Gasteiger charge is 2.16. The Morgan fingerprint density at radius 3 is 2.84 bits per heavy atom. The Hall–Kier alpha value is -1.52. The van der Waals surface area contributed by atoms with Crippen molar-refractivity contribution in [3.8, 4) is 5.69 Å². The molecular weight excluding hydrogens is 260 g/mol. The summed E-state index contributed by atoms with van der Waals surface area (Å²) in [7, 11) is 0. The average Bonchev–Trinajstić information content (AvgIpc) is 2.94. The number of anilines is 1. The molecule has 100 valence electrons. The first-order valence-corrected chi connectivity index (χ1v) is 6.98. The lowest BCUT2D eigenvalue weighted by Crippen LogP contribution is -2.35. The summed E-state index contributed by atoms with van der Waals surface area (Å²) < 4.78 is 1.81. The maximum Gasteiger partial charge on any atom is 0.106 e. The molecule has 0 amide bonds. The van der Waals surface area contributed by atoms with Gasteiger partial charge in [-0.25, -0.2) is 4.68 Å². The number of rotatable bonds is 3. The third-order valence-corrected chi connectivity index (χ3v) is 3.72. The molecule has 4 nitrogen and oxygen atoms in total. The third kappa shape index (κ3) is 2.74. The van der Waals surface area contributed by atoms with Crippen LogP contribution in [0.15, 0.2) is 36.7 Å². The molecule has 1 aliphatic heterocycles. The molecule has 0 atom stereocenters. The minimum atomic E-state index is 0.494. The zero-order valence-electron chi connectivity index (χ0n) is 10.6. The van der Waals surface area contributed by atoms with Crippen molar-refractivity contribution in [1.29, 1.82) is 0 Å². The third-order valence-electron chi connectivity index (χ3n) is 3.42. The van der Waals surface area contributed by atoms with Gasteiger partial charge in [0, 0.05) is 18.4 Å². The Morgan fingerprint density at radius 2 is 2.11 bits per heavy atom. The van der Waals surface area contributed by atoms with E-state index in [4.69, 9.17) is 11.6 Å². The molecule has 0 unspecified atom stereocenters. The zero-order chi connectivity index (χ0) is 13.1. The minimum Gasteiger partial charge on any atom is -0.380 e. The molecule has 2 aromatic rings. The summed E-state index contributed by atoms with van der Waals surface area (Å²) >= 11 is 6.33. The van der Waals surface area contributed by atoms with Crippen LogP contribution in [0, 0.1) is 0 Å². The summed E-state index contributed by atoms with van der Waals surface area (Å²) in [5.74, 6) is 0. The van der Waals surface area contributed by atoms with E-state index in [0.29, 0.717) is 11.1 Å². The van der Waals surface area contributed by atoms with E-state index in [0.717, 1.165) is 37.3 Å². The standard InChI is InChI=1S/C14H17ClN4/c15-12-3-1-4-13(14(12)19-10-2-7-17-19)18-11-5-8-16-9-6-11/h1-4,7,10-11,16,18H,5-6,8-9H2. The molecular formula is C14H17ClN4. The Morgan fingerprint density at radius 1 is 1.26 bits per heavy atom. The van der Waals surface area contributed by atoms with E-state index < -0.39 is 0 Å². The van der Waals surface area contributed by atoms with E-state index in [1.165, 1.54) is 0 Å². The molecule has 2 N–H and O–H groups in total. The molecule has 0 radical (unpaired) electrons. The van der Waals surface area contributed by atoms with Gasteiger partial charge in [-0.05, 0) is 44.1 Å². The Kier molecular flexibility index (Phi) is 3.71. The van der Waals surface area contributed by atoms with Crippen LogP contribution in [0.5, 0.6) is 0 Å². The number of hydrogen-bond acceptors (Lipinski definition) is 3. The summed E-state index contributed by atoms with van der Waals surface area (Å²) in [6.07, 6.45) is 5.93. The first-order valence-electron chi connectivity index (χ1n) is 6.60. The minimum absolute atomic E-state index is 0.494. The van der Waals surface area contributed by atoms with E-state index in [2.05, 4.69) is 21.8 Å².